The number of benzene rings is 3. The zero-order chi connectivity index (χ0) is 24.7. The normalized spacial score (nSPS) is 15.5. The highest BCUT2D eigenvalue weighted by atomic mass is 35.5. The van der Waals surface area contributed by atoms with Crippen LogP contribution in [0.2, 0.25) is 5.02 Å². The molecule has 0 atom stereocenters. The number of fused-ring (bicyclic) bond motifs is 4. The lowest BCUT2D eigenvalue weighted by molar-refractivity contribution is 0.102. The number of hydrogen-bond donors (Lipinski definition) is 0. The van der Waals surface area contributed by atoms with Crippen molar-refractivity contribution in [2.45, 2.75) is 42.7 Å². The van der Waals surface area contributed by atoms with Gasteiger partial charge in [0.15, 0.2) is 10.9 Å². The molecule has 1 saturated carbocycles. The zero-order valence-corrected chi connectivity index (χ0v) is 21.3. The van der Waals surface area contributed by atoms with E-state index in [0.717, 1.165) is 54.6 Å². The molecule has 6 heteroatoms. The number of para-hydroxylation sites is 1. The van der Waals surface area contributed by atoms with Crippen LogP contribution in [0.25, 0.3) is 16.9 Å². The lowest BCUT2D eigenvalue weighted by Crippen LogP contribution is -2.40. The number of ketones is 1. The third-order valence-electron chi connectivity index (χ3n) is 7.46. The Morgan fingerprint density at radius 1 is 0.944 bits per heavy atom. The van der Waals surface area contributed by atoms with Gasteiger partial charge in [-0.15, -0.1) is 0 Å². The van der Waals surface area contributed by atoms with E-state index >= 15 is 0 Å². The van der Waals surface area contributed by atoms with Gasteiger partial charge in [-0.05, 0) is 61.2 Å². The summed E-state index contributed by atoms with van der Waals surface area (Å²) in [7, 11) is 0. The van der Waals surface area contributed by atoms with Crippen molar-refractivity contribution in [2.24, 2.45) is 0 Å². The molecule has 1 heterocycles. The molecule has 1 spiro atoms. The number of hydrogen-bond acceptors (Lipinski definition) is 4. The number of aromatic nitrogens is 2. The Hall–Kier alpha value is -3.15. The van der Waals surface area contributed by atoms with Crippen molar-refractivity contribution in [3.63, 3.8) is 0 Å². The maximum absolute atomic E-state index is 14.4. The summed E-state index contributed by atoms with van der Waals surface area (Å²) in [6, 6.07) is 24.9. The van der Waals surface area contributed by atoms with Gasteiger partial charge in [-0.2, -0.15) is 0 Å². The Morgan fingerprint density at radius 3 is 2.39 bits per heavy atom. The van der Waals surface area contributed by atoms with Crippen molar-refractivity contribution in [3.05, 3.63) is 111 Å². The first-order valence-corrected chi connectivity index (χ1v) is 13.6. The monoisotopic (exact) mass is 512 g/mol. The molecular formula is C30H25ClN2O2S. The topological polar surface area (TPSA) is 52.0 Å². The van der Waals surface area contributed by atoms with E-state index in [0.29, 0.717) is 15.7 Å². The summed E-state index contributed by atoms with van der Waals surface area (Å²) in [4.78, 5) is 32.5. The van der Waals surface area contributed by atoms with Crippen LogP contribution in [0.3, 0.4) is 0 Å². The third-order valence-corrected chi connectivity index (χ3v) is 8.65. The van der Waals surface area contributed by atoms with Gasteiger partial charge in [-0.1, -0.05) is 78.7 Å². The van der Waals surface area contributed by atoms with E-state index in [1.807, 2.05) is 36.4 Å². The molecule has 0 N–H and O–H groups in total. The summed E-state index contributed by atoms with van der Waals surface area (Å²) >= 11 is 7.30. The van der Waals surface area contributed by atoms with E-state index in [9.17, 15) is 9.59 Å². The second kappa shape index (κ2) is 9.38. The Bertz CT molecular complexity index is 1510. The first-order chi connectivity index (χ1) is 17.6. The summed E-state index contributed by atoms with van der Waals surface area (Å²) in [5.74, 6) is 0.142. The molecule has 0 amide bonds. The summed E-state index contributed by atoms with van der Waals surface area (Å²) < 4.78 is 1.71. The molecule has 0 saturated heterocycles. The second-order valence-corrected chi connectivity index (χ2v) is 11.0. The van der Waals surface area contributed by atoms with Gasteiger partial charge in [0.2, 0.25) is 0 Å². The van der Waals surface area contributed by atoms with E-state index in [1.165, 1.54) is 17.3 Å². The lowest BCUT2D eigenvalue weighted by Gasteiger charge is -2.36. The Balaban J connectivity index is 1.51. The van der Waals surface area contributed by atoms with Crippen LogP contribution < -0.4 is 5.56 Å². The molecule has 1 aromatic heterocycles. The van der Waals surface area contributed by atoms with Crippen molar-refractivity contribution in [2.75, 3.05) is 5.75 Å². The van der Waals surface area contributed by atoms with Crippen LogP contribution in [0.15, 0.2) is 88.8 Å². The summed E-state index contributed by atoms with van der Waals surface area (Å²) in [5.41, 5.74) is 5.10. The van der Waals surface area contributed by atoms with Crippen LogP contribution in [0.4, 0.5) is 0 Å². The van der Waals surface area contributed by atoms with Crippen LogP contribution in [0.5, 0.6) is 0 Å². The van der Waals surface area contributed by atoms with E-state index in [4.69, 9.17) is 16.6 Å². The molecule has 0 bridgehead atoms. The van der Waals surface area contributed by atoms with Gasteiger partial charge in [-0.25, -0.2) is 4.98 Å². The number of carbonyl (C=O) groups is 1. The van der Waals surface area contributed by atoms with Crippen LogP contribution >= 0.6 is 23.4 Å². The summed E-state index contributed by atoms with van der Waals surface area (Å²) in [6.07, 6.45) is 5.13. The van der Waals surface area contributed by atoms with E-state index in [1.54, 1.807) is 28.8 Å². The van der Waals surface area contributed by atoms with E-state index in [2.05, 4.69) is 18.2 Å². The highest BCUT2D eigenvalue weighted by molar-refractivity contribution is 7.99. The minimum absolute atomic E-state index is 0.0101. The van der Waals surface area contributed by atoms with Crippen molar-refractivity contribution in [3.8, 4) is 16.9 Å². The van der Waals surface area contributed by atoms with Crippen molar-refractivity contribution >= 4 is 29.1 Å². The van der Waals surface area contributed by atoms with Crippen molar-refractivity contribution < 1.29 is 4.79 Å². The fraction of sp³-hybridized carbons (Fsp3) is 0.233. The molecule has 3 aromatic carbocycles. The van der Waals surface area contributed by atoms with E-state index < -0.39 is 0 Å². The predicted molar refractivity (Wildman–Crippen MR) is 146 cm³/mol. The lowest BCUT2D eigenvalue weighted by atomic mass is 9.68. The minimum Gasteiger partial charge on any atom is -0.293 e. The van der Waals surface area contributed by atoms with Gasteiger partial charge < -0.3 is 0 Å². The fourth-order valence-electron chi connectivity index (χ4n) is 5.76. The highest BCUT2D eigenvalue weighted by Crippen LogP contribution is 2.50. The molecule has 6 rings (SSSR count). The predicted octanol–water partition coefficient (Wildman–Crippen LogP) is 6.90. The molecular weight excluding hydrogens is 488 g/mol. The summed E-state index contributed by atoms with van der Waals surface area (Å²) in [5, 5.41) is 1.13. The van der Waals surface area contributed by atoms with E-state index in [-0.39, 0.29) is 22.5 Å². The van der Waals surface area contributed by atoms with Gasteiger partial charge in [0.05, 0.1) is 22.7 Å². The average molecular weight is 513 g/mol. The fourth-order valence-corrected chi connectivity index (χ4v) is 6.79. The molecule has 2 aliphatic carbocycles. The molecule has 4 nitrogen and oxygen atoms in total. The molecule has 2 aliphatic rings. The first-order valence-electron chi connectivity index (χ1n) is 12.3. The number of carbonyl (C=O) groups excluding carboxylic acids is 1. The Kier molecular flexibility index (Phi) is 6.06. The maximum Gasteiger partial charge on any atom is 0.263 e. The maximum atomic E-state index is 14.4. The van der Waals surface area contributed by atoms with Gasteiger partial charge in [0.25, 0.3) is 5.56 Å². The molecule has 1 fully saturated rings. The molecule has 0 radical (unpaired) electrons. The average Bonchev–Trinajstić information content (AvgIpc) is 3.36. The highest BCUT2D eigenvalue weighted by Gasteiger charge is 2.44. The molecule has 36 heavy (non-hydrogen) atoms. The minimum atomic E-state index is -0.174. The summed E-state index contributed by atoms with van der Waals surface area (Å²) in [6.45, 7) is 0. The van der Waals surface area contributed by atoms with Gasteiger partial charge >= 0.3 is 0 Å². The molecule has 0 aliphatic heterocycles. The second-order valence-electron chi connectivity index (χ2n) is 9.63. The quantitative estimate of drug-likeness (QED) is 0.166. The smallest absolute Gasteiger partial charge is 0.263 e. The zero-order valence-electron chi connectivity index (χ0n) is 19.7. The Morgan fingerprint density at radius 2 is 1.64 bits per heavy atom. The number of Topliss-reactive ketones (excluding diaryl/α,β-unsaturated/α-hetero) is 1. The van der Waals surface area contributed by atoms with Gasteiger partial charge in [-0.3, -0.25) is 14.2 Å². The van der Waals surface area contributed by atoms with Crippen molar-refractivity contribution in [1.82, 2.24) is 9.55 Å². The van der Waals surface area contributed by atoms with Crippen LogP contribution in [-0.2, 0) is 11.8 Å². The molecule has 180 valence electrons. The molecule has 4 aromatic rings. The van der Waals surface area contributed by atoms with Crippen LogP contribution in [0.1, 0.15) is 47.2 Å². The largest absolute Gasteiger partial charge is 0.293 e. The van der Waals surface area contributed by atoms with Crippen LogP contribution in [-0.4, -0.2) is 21.1 Å². The van der Waals surface area contributed by atoms with Crippen LogP contribution in [0, 0.1) is 0 Å². The Labute approximate surface area is 219 Å². The third kappa shape index (κ3) is 4.00. The number of halogens is 1. The van der Waals surface area contributed by atoms with Gasteiger partial charge in [0.1, 0.15) is 0 Å². The standard InChI is InChI=1S/C30H25ClN2O2S/c31-22-14-12-20(13-15-22)25(34)19-36-29-32-27-24-11-5-4-8-21(24)18-30(16-6-7-17-30)26(27)28(35)33(29)23-9-2-1-3-10-23/h1-5,8-15H,6-7,16-19H2. The number of nitrogens with zero attached hydrogens (tertiary/aromatic N) is 2. The van der Waals surface area contributed by atoms with Crippen molar-refractivity contribution in [1.29, 1.82) is 0 Å². The number of thioether (sulfide) groups is 1. The molecule has 0 unspecified atom stereocenters. The first kappa shape index (κ1) is 23.3. The number of rotatable bonds is 5. The van der Waals surface area contributed by atoms with Gasteiger partial charge in [0, 0.05) is 21.6 Å². The SMILES string of the molecule is O=C(CSc1nc2c(c(=O)n1-c1ccccc1)C1(CCCC1)Cc1ccccc1-2)c1ccc(Cl)cc1.